The maximum Gasteiger partial charge on any atom is 0.126 e. The lowest BCUT2D eigenvalue weighted by molar-refractivity contribution is 0.211. The highest BCUT2D eigenvalue weighted by Gasteiger charge is 2.38. The Balaban J connectivity index is 0.00000156. The van der Waals surface area contributed by atoms with Crippen LogP contribution in [-0.4, -0.2) is 31.7 Å². The van der Waals surface area contributed by atoms with Gasteiger partial charge in [0.05, 0.1) is 13.7 Å². The fourth-order valence-corrected chi connectivity index (χ4v) is 3.72. The van der Waals surface area contributed by atoms with Gasteiger partial charge in [0.25, 0.3) is 0 Å². The molecule has 2 atom stereocenters. The van der Waals surface area contributed by atoms with Crippen LogP contribution in [0.4, 0.5) is 0 Å². The predicted octanol–water partition coefficient (Wildman–Crippen LogP) is 3.73. The highest BCUT2D eigenvalue weighted by molar-refractivity contribution is 5.85. The average Bonchev–Trinajstić information content (AvgIpc) is 2.98. The molecule has 0 N–H and O–H groups in total. The number of halogens is 1. The zero-order valence-corrected chi connectivity index (χ0v) is 14.1. The van der Waals surface area contributed by atoms with E-state index in [1.165, 1.54) is 11.1 Å². The van der Waals surface area contributed by atoms with E-state index in [4.69, 9.17) is 9.47 Å². The van der Waals surface area contributed by atoms with Crippen molar-refractivity contribution in [2.24, 2.45) is 5.92 Å². The quantitative estimate of drug-likeness (QED) is 0.855. The smallest absolute Gasteiger partial charge is 0.126 e. The zero-order chi connectivity index (χ0) is 14.9. The second-order valence-electron chi connectivity index (χ2n) is 6.26. The van der Waals surface area contributed by atoms with E-state index in [9.17, 15) is 0 Å². The number of methoxy groups -OCH3 is 1. The summed E-state index contributed by atoms with van der Waals surface area (Å²) in [4.78, 5) is 2.55. The van der Waals surface area contributed by atoms with Crippen LogP contribution in [0.3, 0.4) is 0 Å². The lowest BCUT2D eigenvalue weighted by Crippen LogP contribution is -2.25. The molecule has 3 nitrogen and oxygen atoms in total. The summed E-state index contributed by atoms with van der Waals surface area (Å²) in [6.45, 7) is 4.07. The van der Waals surface area contributed by atoms with E-state index in [1.807, 2.05) is 12.1 Å². The van der Waals surface area contributed by atoms with Gasteiger partial charge in [0.1, 0.15) is 11.5 Å². The summed E-state index contributed by atoms with van der Waals surface area (Å²) in [5, 5.41) is 0. The molecule has 0 spiro atoms. The molecule has 1 fully saturated rings. The van der Waals surface area contributed by atoms with Crippen LogP contribution >= 0.6 is 12.4 Å². The summed E-state index contributed by atoms with van der Waals surface area (Å²) in [7, 11) is 1.70. The van der Waals surface area contributed by atoms with Gasteiger partial charge in [0.2, 0.25) is 0 Å². The molecule has 2 aromatic carbocycles. The Labute approximate surface area is 143 Å². The van der Waals surface area contributed by atoms with Gasteiger partial charge in [-0.3, -0.25) is 4.90 Å². The number of rotatable bonds is 3. The van der Waals surface area contributed by atoms with Crippen LogP contribution in [0, 0.1) is 5.92 Å². The van der Waals surface area contributed by atoms with E-state index in [2.05, 4.69) is 41.3 Å². The van der Waals surface area contributed by atoms with Crippen LogP contribution in [0.1, 0.15) is 17.0 Å². The van der Waals surface area contributed by atoms with E-state index in [0.717, 1.165) is 37.7 Å². The third-order valence-corrected chi connectivity index (χ3v) is 4.84. The summed E-state index contributed by atoms with van der Waals surface area (Å²) >= 11 is 0. The number of nitrogens with zero attached hydrogens (tertiary/aromatic N) is 1. The molecule has 0 amide bonds. The van der Waals surface area contributed by atoms with Crippen LogP contribution in [-0.2, 0) is 6.54 Å². The first kappa shape index (κ1) is 16.2. The zero-order valence-electron chi connectivity index (χ0n) is 13.3. The molecular formula is C19H22ClNO2. The average molecular weight is 332 g/mol. The normalized spacial score (nSPS) is 22.5. The number of hydrogen-bond acceptors (Lipinski definition) is 3. The van der Waals surface area contributed by atoms with E-state index in [1.54, 1.807) is 7.11 Å². The first-order chi connectivity index (χ1) is 10.8. The maximum atomic E-state index is 5.97. The minimum absolute atomic E-state index is 0. The number of fused-ring (bicyclic) bond motifs is 3. The third kappa shape index (κ3) is 3.17. The van der Waals surface area contributed by atoms with Gasteiger partial charge in [-0.25, -0.2) is 0 Å². The molecule has 2 aliphatic rings. The van der Waals surface area contributed by atoms with Crippen molar-refractivity contribution in [1.29, 1.82) is 0 Å². The highest BCUT2D eigenvalue weighted by Crippen LogP contribution is 2.43. The fourth-order valence-electron chi connectivity index (χ4n) is 3.72. The van der Waals surface area contributed by atoms with Gasteiger partial charge in [0, 0.05) is 37.5 Å². The van der Waals surface area contributed by atoms with Crippen molar-refractivity contribution >= 4 is 12.4 Å². The van der Waals surface area contributed by atoms with Gasteiger partial charge in [0.15, 0.2) is 0 Å². The third-order valence-electron chi connectivity index (χ3n) is 4.84. The molecule has 0 saturated carbocycles. The topological polar surface area (TPSA) is 21.7 Å². The van der Waals surface area contributed by atoms with Gasteiger partial charge in [-0.05, 0) is 17.2 Å². The first-order valence-corrected chi connectivity index (χ1v) is 7.90. The molecule has 4 rings (SSSR count). The van der Waals surface area contributed by atoms with Crippen molar-refractivity contribution < 1.29 is 9.47 Å². The fraction of sp³-hybridized carbons (Fsp3) is 0.368. The Morgan fingerprint density at radius 2 is 1.96 bits per heavy atom. The minimum atomic E-state index is 0. The van der Waals surface area contributed by atoms with Gasteiger partial charge >= 0.3 is 0 Å². The van der Waals surface area contributed by atoms with Gasteiger partial charge < -0.3 is 9.47 Å². The minimum Gasteiger partial charge on any atom is -0.497 e. The molecule has 4 heteroatoms. The van der Waals surface area contributed by atoms with Crippen molar-refractivity contribution in [3.05, 3.63) is 59.7 Å². The summed E-state index contributed by atoms with van der Waals surface area (Å²) in [6.07, 6.45) is 0. The van der Waals surface area contributed by atoms with Gasteiger partial charge in [-0.1, -0.05) is 36.4 Å². The van der Waals surface area contributed by atoms with Crippen LogP contribution < -0.4 is 9.47 Å². The van der Waals surface area contributed by atoms with Crippen molar-refractivity contribution in [2.75, 3.05) is 26.8 Å². The standard InChI is InChI=1S/C19H21NO2.ClH/c1-21-16-7-8-17-18-12-20(10-14-5-3-2-4-6-14)11-15(18)13-22-19(17)9-16;/h2-9,15,18H,10-13H2,1H3;1H/t15-,18+;/m1./s1. The van der Waals surface area contributed by atoms with Gasteiger partial charge in [-0.15, -0.1) is 12.4 Å². The summed E-state index contributed by atoms with van der Waals surface area (Å²) in [5.41, 5.74) is 2.73. The molecule has 1 saturated heterocycles. The Morgan fingerprint density at radius 3 is 2.74 bits per heavy atom. The molecular weight excluding hydrogens is 310 g/mol. The van der Waals surface area contributed by atoms with Crippen LogP contribution in [0.15, 0.2) is 48.5 Å². The van der Waals surface area contributed by atoms with Crippen LogP contribution in [0.25, 0.3) is 0 Å². The SMILES string of the molecule is COc1ccc2c(c1)OC[C@H]1CN(Cc3ccccc3)C[C@H]21.Cl. The van der Waals surface area contributed by atoms with Crippen LogP contribution in [0.5, 0.6) is 11.5 Å². The van der Waals surface area contributed by atoms with E-state index in [0.29, 0.717) is 11.8 Å². The Kier molecular flexibility index (Phi) is 4.79. The van der Waals surface area contributed by atoms with Crippen molar-refractivity contribution in [2.45, 2.75) is 12.5 Å². The van der Waals surface area contributed by atoms with Crippen molar-refractivity contribution in [3.63, 3.8) is 0 Å². The van der Waals surface area contributed by atoms with E-state index >= 15 is 0 Å². The number of benzene rings is 2. The predicted molar refractivity (Wildman–Crippen MR) is 93.7 cm³/mol. The largest absolute Gasteiger partial charge is 0.497 e. The lowest BCUT2D eigenvalue weighted by atomic mass is 9.87. The Hall–Kier alpha value is -1.71. The molecule has 122 valence electrons. The van der Waals surface area contributed by atoms with E-state index in [-0.39, 0.29) is 12.4 Å². The summed E-state index contributed by atoms with van der Waals surface area (Å²) in [5.74, 6) is 3.06. The van der Waals surface area contributed by atoms with E-state index < -0.39 is 0 Å². The molecule has 2 aromatic rings. The summed E-state index contributed by atoms with van der Waals surface area (Å²) in [6, 6.07) is 17.0. The molecule has 23 heavy (non-hydrogen) atoms. The Morgan fingerprint density at radius 1 is 1.13 bits per heavy atom. The summed E-state index contributed by atoms with van der Waals surface area (Å²) < 4.78 is 11.3. The molecule has 0 aliphatic carbocycles. The number of hydrogen-bond donors (Lipinski definition) is 0. The van der Waals surface area contributed by atoms with Gasteiger partial charge in [-0.2, -0.15) is 0 Å². The molecule has 0 radical (unpaired) electrons. The maximum absolute atomic E-state index is 5.97. The number of likely N-dealkylation sites (tertiary alicyclic amines) is 1. The van der Waals surface area contributed by atoms with Crippen LogP contribution in [0.2, 0.25) is 0 Å². The number of ether oxygens (including phenoxy) is 2. The molecule has 0 unspecified atom stereocenters. The lowest BCUT2D eigenvalue weighted by Gasteiger charge is -2.28. The molecule has 0 bridgehead atoms. The molecule has 2 heterocycles. The second-order valence-corrected chi connectivity index (χ2v) is 6.26. The van der Waals surface area contributed by atoms with Crippen molar-refractivity contribution in [1.82, 2.24) is 4.90 Å². The molecule has 0 aromatic heterocycles. The second kappa shape index (κ2) is 6.81. The Bertz CT molecular complexity index is 662. The van der Waals surface area contributed by atoms with Crippen molar-refractivity contribution in [3.8, 4) is 11.5 Å². The monoisotopic (exact) mass is 331 g/mol. The molecule has 2 aliphatic heterocycles. The first-order valence-electron chi connectivity index (χ1n) is 7.90. The highest BCUT2D eigenvalue weighted by atomic mass is 35.5.